The lowest BCUT2D eigenvalue weighted by Gasteiger charge is -2.46. The predicted molar refractivity (Wildman–Crippen MR) is 208 cm³/mol. The molecule has 2 saturated heterocycles. The molecule has 6 N–H and O–H groups in total. The van der Waals surface area contributed by atoms with Crippen LogP contribution in [0.2, 0.25) is 0 Å². The SMILES string of the molecule is COCCOC(=O)N1C(=O)[C@@]2(c3cc(C#CCNC(N)=O)ccc31)[C@H](C(N)=O)[C@H]1C(=O)O[C@H](c3ccccc3)[C@H](c3ccccc3)N1[C@@H]2c1ccc(OCCO)cc1. The van der Waals surface area contributed by atoms with Gasteiger partial charge in [0.1, 0.15) is 36.5 Å². The molecule has 4 aromatic carbocycles. The largest absolute Gasteiger partial charge is 0.491 e. The van der Waals surface area contributed by atoms with Crippen molar-refractivity contribution < 1.29 is 48.0 Å². The number of aliphatic hydroxyl groups excluding tert-OH is 1. The molecule has 0 aromatic heterocycles. The summed E-state index contributed by atoms with van der Waals surface area (Å²) in [6.07, 6.45) is -1.96. The summed E-state index contributed by atoms with van der Waals surface area (Å²) >= 11 is 0. The maximum Gasteiger partial charge on any atom is 0.421 e. The number of aliphatic hydroxyl groups is 1. The number of hydrogen-bond acceptors (Lipinski definition) is 11. The normalized spacial score (nSPS) is 23.3. The molecule has 1 spiro atoms. The lowest BCUT2D eigenvalue weighted by atomic mass is 9.65. The minimum atomic E-state index is -2.07. The molecule has 0 saturated carbocycles. The van der Waals surface area contributed by atoms with Crippen LogP contribution in [0.4, 0.5) is 15.3 Å². The van der Waals surface area contributed by atoms with E-state index >= 15 is 4.79 Å². The van der Waals surface area contributed by atoms with Gasteiger partial charge in [0.05, 0.1) is 43.4 Å². The summed E-state index contributed by atoms with van der Waals surface area (Å²) < 4.78 is 22.6. The number of fused-ring (bicyclic) bond motifs is 3. The minimum absolute atomic E-state index is 0.0239. The van der Waals surface area contributed by atoms with Crippen LogP contribution >= 0.6 is 0 Å². The Kier molecular flexibility index (Phi) is 11.4. The Balaban J connectivity index is 1.53. The summed E-state index contributed by atoms with van der Waals surface area (Å²) in [6.45, 7) is -0.441. The summed E-state index contributed by atoms with van der Waals surface area (Å²) in [5, 5.41) is 11.8. The topological polar surface area (TPSA) is 213 Å². The molecule has 0 aliphatic carbocycles. The van der Waals surface area contributed by atoms with Crippen molar-refractivity contribution >= 4 is 35.6 Å². The van der Waals surface area contributed by atoms with Crippen LogP contribution in [0.3, 0.4) is 0 Å². The van der Waals surface area contributed by atoms with Gasteiger partial charge in [0.15, 0.2) is 0 Å². The zero-order valence-electron chi connectivity index (χ0n) is 31.4. The van der Waals surface area contributed by atoms with Crippen molar-refractivity contribution in [1.29, 1.82) is 0 Å². The van der Waals surface area contributed by atoms with E-state index in [2.05, 4.69) is 17.2 Å². The molecule has 2 fully saturated rings. The zero-order valence-corrected chi connectivity index (χ0v) is 31.4. The summed E-state index contributed by atoms with van der Waals surface area (Å²) in [4.78, 5) is 72.8. The maximum absolute atomic E-state index is 15.7. The van der Waals surface area contributed by atoms with Gasteiger partial charge in [-0.3, -0.25) is 19.3 Å². The number of nitrogens with one attached hydrogen (secondary N) is 1. The molecule has 298 valence electrons. The molecule has 3 aliphatic rings. The number of anilines is 1. The number of cyclic esters (lactones) is 1. The molecule has 3 heterocycles. The highest BCUT2D eigenvalue weighted by Gasteiger charge is 2.75. The maximum atomic E-state index is 15.7. The molecule has 3 aliphatic heterocycles. The number of esters is 1. The standard InChI is InChI=1S/C43H41N5O10/c1-55-23-24-57-42(54)47-32-19-14-26(9-8-20-46-41(45)53)25-31(32)43(40(47)52)33(38(44)50)35-39(51)58-36(28-12-6-3-7-13-28)34(27-10-4-2-5-11-27)48(35)37(43)29-15-17-30(18-16-29)56-22-21-49/h2-7,10-19,25,33-37,49H,20-24H2,1H3,(H2,44,50)(H3,45,46,53)/t33-,34-,35-,36+,37+,43-/m0/s1. The van der Waals surface area contributed by atoms with Gasteiger partial charge in [-0.05, 0) is 52.6 Å². The van der Waals surface area contributed by atoms with Gasteiger partial charge in [-0.25, -0.2) is 14.5 Å². The first-order valence-electron chi connectivity index (χ1n) is 18.5. The first kappa shape index (κ1) is 39.5. The molecule has 0 radical (unpaired) electrons. The van der Waals surface area contributed by atoms with Gasteiger partial charge in [0, 0.05) is 12.7 Å². The third-order valence-electron chi connectivity index (χ3n) is 10.6. The van der Waals surface area contributed by atoms with Crippen LogP contribution in [0.25, 0.3) is 0 Å². The minimum Gasteiger partial charge on any atom is -0.491 e. The highest BCUT2D eigenvalue weighted by atomic mass is 16.6. The van der Waals surface area contributed by atoms with Crippen molar-refractivity contribution in [3.8, 4) is 17.6 Å². The average Bonchev–Trinajstić information content (AvgIpc) is 3.69. The van der Waals surface area contributed by atoms with E-state index in [1.54, 1.807) is 36.4 Å². The van der Waals surface area contributed by atoms with Gasteiger partial charge in [-0.1, -0.05) is 84.6 Å². The third-order valence-corrected chi connectivity index (χ3v) is 10.6. The first-order chi connectivity index (χ1) is 28.1. The number of imide groups is 1. The Hall–Kier alpha value is -6.73. The fourth-order valence-electron chi connectivity index (χ4n) is 8.46. The fraction of sp³-hybridized carbons (Fsp3) is 0.279. The number of carbonyl (C=O) groups excluding carboxylic acids is 5. The lowest BCUT2D eigenvalue weighted by Crippen LogP contribution is -2.55. The van der Waals surface area contributed by atoms with E-state index in [0.29, 0.717) is 28.0 Å². The number of ether oxygens (including phenoxy) is 4. The van der Waals surface area contributed by atoms with E-state index in [-0.39, 0.29) is 44.2 Å². The highest BCUT2D eigenvalue weighted by Crippen LogP contribution is 2.65. The van der Waals surface area contributed by atoms with Crippen molar-refractivity contribution in [2.45, 2.75) is 29.6 Å². The average molecular weight is 788 g/mol. The predicted octanol–water partition coefficient (Wildman–Crippen LogP) is 3.01. The van der Waals surface area contributed by atoms with Crippen LogP contribution in [0, 0.1) is 17.8 Å². The van der Waals surface area contributed by atoms with E-state index in [4.69, 9.17) is 30.4 Å². The number of primary amides is 2. The van der Waals surface area contributed by atoms with Crippen LogP contribution in [-0.4, -0.2) is 86.0 Å². The van der Waals surface area contributed by atoms with E-state index in [0.717, 1.165) is 4.90 Å². The van der Waals surface area contributed by atoms with Crippen LogP contribution in [-0.2, 0) is 34.0 Å². The third kappa shape index (κ3) is 6.98. The zero-order chi connectivity index (χ0) is 41.0. The van der Waals surface area contributed by atoms with Gasteiger partial charge < -0.3 is 40.8 Å². The molecule has 0 unspecified atom stereocenters. The second kappa shape index (κ2) is 16.8. The van der Waals surface area contributed by atoms with Gasteiger partial charge in [-0.15, -0.1) is 0 Å². The Labute approximate surface area is 333 Å². The Morgan fingerprint density at radius 1 is 0.862 bits per heavy atom. The number of nitrogens with two attached hydrogens (primary N) is 2. The van der Waals surface area contributed by atoms with Crippen LogP contribution in [0.15, 0.2) is 103 Å². The molecule has 58 heavy (non-hydrogen) atoms. The van der Waals surface area contributed by atoms with Crippen molar-refractivity contribution in [2.75, 3.05) is 45.0 Å². The molecule has 15 nitrogen and oxygen atoms in total. The quantitative estimate of drug-likeness (QED) is 0.0986. The number of methoxy groups -OCH3 is 1. The van der Waals surface area contributed by atoms with Crippen LogP contribution in [0.1, 0.15) is 46.0 Å². The summed E-state index contributed by atoms with van der Waals surface area (Å²) in [5.74, 6) is 1.94. The molecule has 5 amide bonds. The highest BCUT2D eigenvalue weighted by molar-refractivity contribution is 6.23. The van der Waals surface area contributed by atoms with Gasteiger partial charge in [0.2, 0.25) is 11.8 Å². The summed E-state index contributed by atoms with van der Waals surface area (Å²) in [7, 11) is 1.43. The monoisotopic (exact) mass is 787 g/mol. The number of morpholine rings is 1. The van der Waals surface area contributed by atoms with E-state index in [1.807, 2.05) is 65.6 Å². The molecule has 6 atom stereocenters. The Bertz CT molecular complexity index is 2260. The number of rotatable bonds is 11. The second-order valence-corrected chi connectivity index (χ2v) is 13.8. The Morgan fingerprint density at radius 3 is 2.19 bits per heavy atom. The molecule has 15 heteroatoms. The van der Waals surface area contributed by atoms with Crippen molar-refractivity contribution in [2.24, 2.45) is 17.4 Å². The van der Waals surface area contributed by atoms with Crippen molar-refractivity contribution in [3.05, 3.63) is 131 Å². The lowest BCUT2D eigenvalue weighted by molar-refractivity contribution is -0.178. The summed E-state index contributed by atoms with van der Waals surface area (Å²) in [6, 6.07) is 25.7. The molecule has 7 rings (SSSR count). The number of hydrogen-bond donors (Lipinski definition) is 4. The fourth-order valence-corrected chi connectivity index (χ4v) is 8.46. The van der Waals surface area contributed by atoms with E-state index < -0.39 is 65.5 Å². The van der Waals surface area contributed by atoms with Gasteiger partial charge >= 0.3 is 18.1 Å². The van der Waals surface area contributed by atoms with Gasteiger partial charge in [-0.2, -0.15) is 0 Å². The first-order valence-corrected chi connectivity index (χ1v) is 18.5. The molecule has 0 bridgehead atoms. The smallest absolute Gasteiger partial charge is 0.421 e. The van der Waals surface area contributed by atoms with Crippen molar-refractivity contribution in [1.82, 2.24) is 10.2 Å². The summed E-state index contributed by atoms with van der Waals surface area (Å²) in [5.41, 5.74) is 12.0. The molecular formula is C43H41N5O10. The number of nitrogens with zero attached hydrogens (tertiary/aromatic N) is 2. The number of carbonyl (C=O) groups is 5. The van der Waals surface area contributed by atoms with Gasteiger partial charge in [0.25, 0.3) is 0 Å². The van der Waals surface area contributed by atoms with Crippen LogP contribution < -0.4 is 26.4 Å². The molecule has 4 aromatic rings. The number of benzene rings is 4. The second-order valence-electron chi connectivity index (χ2n) is 13.8. The van der Waals surface area contributed by atoms with E-state index in [1.165, 1.54) is 13.2 Å². The van der Waals surface area contributed by atoms with E-state index in [9.17, 15) is 24.3 Å². The number of urea groups is 1. The van der Waals surface area contributed by atoms with Crippen molar-refractivity contribution in [3.63, 3.8) is 0 Å². The molecular weight excluding hydrogens is 746 g/mol. The number of amides is 5. The van der Waals surface area contributed by atoms with Crippen LogP contribution in [0.5, 0.6) is 5.75 Å². The Morgan fingerprint density at radius 2 is 1.55 bits per heavy atom.